The van der Waals surface area contributed by atoms with Crippen LogP contribution in [0.25, 0.3) is 0 Å². The lowest BCUT2D eigenvalue weighted by Crippen LogP contribution is -2.59. The van der Waals surface area contributed by atoms with E-state index >= 15 is 0 Å². The lowest BCUT2D eigenvalue weighted by Gasteiger charge is -2.41. The Morgan fingerprint density at radius 3 is 2.26 bits per heavy atom. The molecule has 2 heterocycles. The minimum Gasteiger partial charge on any atom is -0.444 e. The second-order valence-electron chi connectivity index (χ2n) is 14.2. The predicted molar refractivity (Wildman–Crippen MR) is 167 cm³/mol. The zero-order chi connectivity index (χ0) is 31.6. The number of amides is 3. The number of ether oxygens (including phenoxy) is 1. The Kier molecular flexibility index (Phi) is 9.54. The average Bonchev–Trinajstić information content (AvgIpc) is 3.26. The molecular formula is C34H48N4O5. The second-order valence-corrected chi connectivity index (χ2v) is 14.2. The first-order valence-corrected chi connectivity index (χ1v) is 15.4. The van der Waals surface area contributed by atoms with Crippen molar-refractivity contribution < 1.29 is 24.2 Å². The molecule has 234 valence electrons. The number of aromatic nitrogens is 1. The van der Waals surface area contributed by atoms with Crippen molar-refractivity contribution in [3.63, 3.8) is 0 Å². The number of hydrogen-bond acceptors (Lipinski definition) is 6. The number of carbonyl (C=O) groups is 3. The summed E-state index contributed by atoms with van der Waals surface area (Å²) in [4.78, 5) is 49.7. The molecule has 9 heteroatoms. The Labute approximate surface area is 256 Å². The fraction of sp³-hybridized carbons (Fsp3) is 0.588. The van der Waals surface area contributed by atoms with Gasteiger partial charge < -0.3 is 15.2 Å². The van der Waals surface area contributed by atoms with Crippen LogP contribution in [-0.2, 0) is 19.7 Å². The summed E-state index contributed by atoms with van der Waals surface area (Å²) in [6.45, 7) is 13.2. The van der Waals surface area contributed by atoms with E-state index in [-0.39, 0.29) is 30.3 Å². The number of benzene rings is 1. The minimum absolute atomic E-state index is 0.00561. The van der Waals surface area contributed by atoms with Crippen molar-refractivity contribution >= 4 is 23.6 Å². The molecule has 2 aliphatic rings. The fourth-order valence-corrected chi connectivity index (χ4v) is 6.09. The van der Waals surface area contributed by atoms with Crippen molar-refractivity contribution in [2.45, 2.75) is 122 Å². The van der Waals surface area contributed by atoms with E-state index in [4.69, 9.17) is 4.74 Å². The standard InChI is InChI=1S/C34H48N4O5/c1-32(2,3)24-15-17-26(18-16-24)38(30(41)34(7)20-27(39)22-37(34)31(42)43-33(4,5)6)28(23-12-11-19-35-21-23)29(40)36-25-13-9-8-10-14-25/h11-12,15-19,21,25,27-28,39H,8-10,13-14,20,22H2,1-7H3,(H,36,40)/t27-,28?,34-/m1/s1. The van der Waals surface area contributed by atoms with Crippen LogP contribution in [0.5, 0.6) is 0 Å². The Morgan fingerprint density at radius 1 is 1.05 bits per heavy atom. The van der Waals surface area contributed by atoms with Crippen LogP contribution in [0.3, 0.4) is 0 Å². The van der Waals surface area contributed by atoms with Crippen LogP contribution < -0.4 is 10.2 Å². The van der Waals surface area contributed by atoms with E-state index in [1.54, 1.807) is 52.2 Å². The summed E-state index contributed by atoms with van der Waals surface area (Å²) in [6, 6.07) is 10.1. The summed E-state index contributed by atoms with van der Waals surface area (Å²) >= 11 is 0. The maximum atomic E-state index is 15.0. The van der Waals surface area contributed by atoms with Gasteiger partial charge in [-0.1, -0.05) is 58.2 Å². The van der Waals surface area contributed by atoms with Crippen LogP contribution in [0.15, 0.2) is 48.8 Å². The van der Waals surface area contributed by atoms with Crippen LogP contribution >= 0.6 is 0 Å². The third kappa shape index (κ3) is 7.55. The van der Waals surface area contributed by atoms with Gasteiger partial charge in [0.05, 0.1) is 12.6 Å². The number of carbonyl (C=O) groups excluding carboxylic acids is 3. The molecule has 1 unspecified atom stereocenters. The predicted octanol–water partition coefficient (Wildman–Crippen LogP) is 5.66. The zero-order valence-corrected chi connectivity index (χ0v) is 26.7. The summed E-state index contributed by atoms with van der Waals surface area (Å²) in [5.41, 5.74) is -0.257. The van der Waals surface area contributed by atoms with E-state index in [1.165, 1.54) is 9.80 Å². The normalized spacial score (nSPS) is 22.1. The molecule has 4 rings (SSSR count). The summed E-state index contributed by atoms with van der Waals surface area (Å²) in [5.74, 6) is -0.787. The van der Waals surface area contributed by atoms with Gasteiger partial charge in [-0.15, -0.1) is 0 Å². The van der Waals surface area contributed by atoms with Crippen LogP contribution in [0.2, 0.25) is 0 Å². The van der Waals surface area contributed by atoms with Crippen molar-refractivity contribution in [2.75, 3.05) is 11.4 Å². The van der Waals surface area contributed by atoms with E-state index in [9.17, 15) is 19.5 Å². The molecule has 2 aromatic rings. The fourth-order valence-electron chi connectivity index (χ4n) is 6.09. The summed E-state index contributed by atoms with van der Waals surface area (Å²) in [7, 11) is 0. The minimum atomic E-state index is -1.48. The highest BCUT2D eigenvalue weighted by Crippen LogP contribution is 2.38. The molecule has 9 nitrogen and oxygen atoms in total. The highest BCUT2D eigenvalue weighted by Gasteiger charge is 2.54. The van der Waals surface area contributed by atoms with Gasteiger partial charge in [0, 0.05) is 36.1 Å². The molecular weight excluding hydrogens is 544 g/mol. The van der Waals surface area contributed by atoms with Crippen molar-refractivity contribution in [2.24, 2.45) is 0 Å². The molecule has 43 heavy (non-hydrogen) atoms. The maximum Gasteiger partial charge on any atom is 0.411 e. The SMILES string of the molecule is CC(C)(C)OC(=O)N1C[C@H](O)C[C@]1(C)C(=O)N(c1ccc(C(C)(C)C)cc1)C(C(=O)NC1CCCCC1)c1cccnc1. The topological polar surface area (TPSA) is 112 Å². The maximum absolute atomic E-state index is 15.0. The quantitative estimate of drug-likeness (QED) is 0.448. The Bertz CT molecular complexity index is 1280. The molecule has 0 radical (unpaired) electrons. The number of nitrogens with one attached hydrogen (secondary N) is 1. The van der Waals surface area contributed by atoms with Gasteiger partial charge in [-0.2, -0.15) is 0 Å². The second kappa shape index (κ2) is 12.6. The molecule has 2 fully saturated rings. The van der Waals surface area contributed by atoms with Gasteiger partial charge in [0.25, 0.3) is 5.91 Å². The molecule has 1 saturated carbocycles. The highest BCUT2D eigenvalue weighted by atomic mass is 16.6. The third-order valence-electron chi connectivity index (χ3n) is 8.39. The van der Waals surface area contributed by atoms with Crippen LogP contribution in [0.1, 0.15) is 104 Å². The van der Waals surface area contributed by atoms with Crippen molar-refractivity contribution in [1.82, 2.24) is 15.2 Å². The van der Waals surface area contributed by atoms with Gasteiger partial charge in [-0.05, 0) is 69.7 Å². The molecule has 2 N–H and O–H groups in total. The molecule has 1 aliphatic carbocycles. The Hall–Kier alpha value is -3.46. The van der Waals surface area contributed by atoms with Gasteiger partial charge in [0.1, 0.15) is 17.2 Å². The van der Waals surface area contributed by atoms with Gasteiger partial charge >= 0.3 is 6.09 Å². The first-order valence-electron chi connectivity index (χ1n) is 15.4. The highest BCUT2D eigenvalue weighted by molar-refractivity contribution is 6.07. The summed E-state index contributed by atoms with van der Waals surface area (Å²) in [5, 5.41) is 14.0. The number of β-amino-alcohol motifs (C(OH)–C–C–N with tert-alkyl or cyclic N) is 1. The lowest BCUT2D eigenvalue weighted by molar-refractivity contribution is -0.132. The Morgan fingerprint density at radius 2 is 1.70 bits per heavy atom. The molecule has 1 aromatic heterocycles. The number of aliphatic hydroxyl groups is 1. The first-order chi connectivity index (χ1) is 20.1. The molecule has 1 aromatic carbocycles. The number of rotatable bonds is 6. The molecule has 1 aliphatic heterocycles. The van der Waals surface area contributed by atoms with E-state index in [1.807, 2.05) is 24.3 Å². The van der Waals surface area contributed by atoms with Crippen LogP contribution in [-0.4, -0.2) is 62.7 Å². The van der Waals surface area contributed by atoms with Gasteiger partial charge in [0.15, 0.2) is 0 Å². The van der Waals surface area contributed by atoms with E-state index < -0.39 is 35.3 Å². The molecule has 3 atom stereocenters. The average molecular weight is 593 g/mol. The van der Waals surface area contributed by atoms with Gasteiger partial charge in [-0.3, -0.25) is 24.4 Å². The monoisotopic (exact) mass is 592 g/mol. The number of anilines is 1. The first kappa shape index (κ1) is 32.5. The number of pyridine rings is 1. The zero-order valence-electron chi connectivity index (χ0n) is 26.7. The van der Waals surface area contributed by atoms with Gasteiger partial charge in [-0.25, -0.2) is 4.79 Å². The lowest BCUT2D eigenvalue weighted by atomic mass is 9.86. The number of hydrogen-bond donors (Lipinski definition) is 2. The summed E-state index contributed by atoms with van der Waals surface area (Å²) in [6.07, 6.45) is 6.62. The number of aliphatic hydroxyl groups excluding tert-OH is 1. The van der Waals surface area contributed by atoms with E-state index in [0.29, 0.717) is 11.3 Å². The molecule has 1 saturated heterocycles. The van der Waals surface area contributed by atoms with Crippen molar-refractivity contribution in [3.8, 4) is 0 Å². The largest absolute Gasteiger partial charge is 0.444 e. The molecule has 3 amide bonds. The van der Waals surface area contributed by atoms with Crippen molar-refractivity contribution in [1.29, 1.82) is 0 Å². The van der Waals surface area contributed by atoms with Crippen LogP contribution in [0, 0.1) is 0 Å². The van der Waals surface area contributed by atoms with E-state index in [0.717, 1.165) is 37.7 Å². The molecule has 0 bridgehead atoms. The van der Waals surface area contributed by atoms with Crippen LogP contribution in [0.4, 0.5) is 10.5 Å². The smallest absolute Gasteiger partial charge is 0.411 e. The van der Waals surface area contributed by atoms with Crippen molar-refractivity contribution in [3.05, 3.63) is 59.9 Å². The molecule has 0 spiro atoms. The summed E-state index contributed by atoms with van der Waals surface area (Å²) < 4.78 is 5.66. The third-order valence-corrected chi connectivity index (χ3v) is 8.39. The number of nitrogens with zero attached hydrogens (tertiary/aromatic N) is 3. The Balaban J connectivity index is 1.84. The van der Waals surface area contributed by atoms with E-state index in [2.05, 4.69) is 31.1 Å². The number of likely N-dealkylation sites (tertiary alicyclic amines) is 1. The van der Waals surface area contributed by atoms with Gasteiger partial charge in [0.2, 0.25) is 5.91 Å².